The van der Waals surface area contributed by atoms with Gasteiger partial charge in [0.05, 0.1) is 0 Å². The molecule has 24 heavy (non-hydrogen) atoms. The van der Waals surface area contributed by atoms with Gasteiger partial charge >= 0.3 is 0 Å². The smallest absolute Gasteiger partial charge is 0.241 e. The number of rotatable bonds is 7. The van der Waals surface area contributed by atoms with Crippen LogP contribution in [-0.4, -0.2) is 45.7 Å². The molecule has 1 aromatic heterocycles. The Balaban J connectivity index is 1.61. The number of amides is 1. The van der Waals surface area contributed by atoms with E-state index in [2.05, 4.69) is 31.9 Å². The van der Waals surface area contributed by atoms with E-state index in [1.165, 1.54) is 0 Å². The summed E-state index contributed by atoms with van der Waals surface area (Å²) in [4.78, 5) is 14.8. The predicted molar refractivity (Wildman–Crippen MR) is 92.5 cm³/mol. The summed E-state index contributed by atoms with van der Waals surface area (Å²) in [7, 11) is 1.97. The zero-order valence-electron chi connectivity index (χ0n) is 14.4. The average molecular weight is 327 g/mol. The molecule has 0 radical (unpaired) electrons. The van der Waals surface area contributed by atoms with E-state index in [4.69, 9.17) is 0 Å². The zero-order valence-corrected chi connectivity index (χ0v) is 14.4. The van der Waals surface area contributed by atoms with E-state index in [9.17, 15) is 4.79 Å². The van der Waals surface area contributed by atoms with E-state index in [0.29, 0.717) is 6.54 Å². The van der Waals surface area contributed by atoms with Gasteiger partial charge in [0.1, 0.15) is 17.7 Å². The summed E-state index contributed by atoms with van der Waals surface area (Å²) in [6, 6.07) is 9.65. The number of aryl methyl sites for hydroxylation is 1. The summed E-state index contributed by atoms with van der Waals surface area (Å²) in [5.74, 6) is 2.08. The second kappa shape index (κ2) is 7.57. The number of hydrogen-bond donors (Lipinski definition) is 1. The fourth-order valence-electron chi connectivity index (χ4n) is 3.21. The largest absolute Gasteiger partial charge is 0.354 e. The van der Waals surface area contributed by atoms with Crippen molar-refractivity contribution in [3.8, 4) is 0 Å². The van der Waals surface area contributed by atoms with Crippen LogP contribution in [0, 0.1) is 0 Å². The van der Waals surface area contributed by atoms with Crippen LogP contribution in [0.5, 0.6) is 0 Å². The van der Waals surface area contributed by atoms with Crippen molar-refractivity contribution >= 4 is 5.91 Å². The van der Waals surface area contributed by atoms with Crippen molar-refractivity contribution in [1.82, 2.24) is 25.0 Å². The number of nitrogens with one attached hydrogen (secondary N) is 1. The number of fused-ring (bicyclic) bond motifs is 1. The predicted octanol–water partition coefficient (Wildman–Crippen LogP) is 1.58. The van der Waals surface area contributed by atoms with Crippen molar-refractivity contribution < 1.29 is 4.79 Å². The minimum absolute atomic E-state index is 0.0340. The lowest BCUT2D eigenvalue weighted by atomic mass is 10.0. The van der Waals surface area contributed by atoms with Crippen LogP contribution >= 0.6 is 0 Å². The first-order valence-corrected chi connectivity index (χ1v) is 8.64. The summed E-state index contributed by atoms with van der Waals surface area (Å²) >= 11 is 0. The minimum atomic E-state index is -0.264. The fraction of sp³-hybridized carbons (Fsp3) is 0.500. The van der Waals surface area contributed by atoms with Crippen LogP contribution in [-0.2, 0) is 24.2 Å². The summed E-state index contributed by atoms with van der Waals surface area (Å²) in [5, 5.41) is 11.5. The van der Waals surface area contributed by atoms with Gasteiger partial charge in [0.25, 0.3) is 0 Å². The molecule has 1 aliphatic heterocycles. The molecule has 6 nitrogen and oxygen atoms in total. The maximum Gasteiger partial charge on any atom is 0.241 e. The Bertz CT molecular complexity index is 682. The first kappa shape index (κ1) is 16.6. The lowest BCUT2D eigenvalue weighted by Crippen LogP contribution is -2.39. The normalized spacial score (nSPS) is 14.6. The number of carbonyl (C=O) groups excluding carboxylic acids is 1. The van der Waals surface area contributed by atoms with Crippen LogP contribution in [0.3, 0.4) is 0 Å². The maximum absolute atomic E-state index is 12.7. The fourth-order valence-corrected chi connectivity index (χ4v) is 3.21. The molecule has 1 amide bonds. The molecule has 0 bridgehead atoms. The standard InChI is InChI=1S/C18H25N5O/c1-3-22(2)17(14-8-5-4-6-9-14)18(24)19-12-11-16-21-20-15-10-7-13-23(15)16/h4-6,8-9,17H,3,7,10-13H2,1-2H3,(H,19,24)/t17-/m1/s1. The van der Waals surface area contributed by atoms with E-state index in [1.54, 1.807) is 0 Å². The van der Waals surface area contributed by atoms with E-state index >= 15 is 0 Å². The van der Waals surface area contributed by atoms with Gasteiger partial charge in [-0.15, -0.1) is 10.2 Å². The third-order valence-electron chi connectivity index (χ3n) is 4.64. The van der Waals surface area contributed by atoms with Gasteiger partial charge in [-0.25, -0.2) is 0 Å². The quantitative estimate of drug-likeness (QED) is 0.838. The molecule has 3 rings (SSSR count). The molecule has 6 heteroatoms. The molecule has 2 heterocycles. The second-order valence-corrected chi connectivity index (χ2v) is 6.22. The lowest BCUT2D eigenvalue weighted by Gasteiger charge is -2.26. The molecular weight excluding hydrogens is 302 g/mol. The Morgan fingerprint density at radius 3 is 2.88 bits per heavy atom. The Hall–Kier alpha value is -2.21. The molecule has 0 saturated heterocycles. The molecule has 1 aromatic carbocycles. The van der Waals surface area contributed by atoms with Crippen LogP contribution in [0.1, 0.15) is 36.6 Å². The Morgan fingerprint density at radius 1 is 1.33 bits per heavy atom. The second-order valence-electron chi connectivity index (χ2n) is 6.22. The van der Waals surface area contributed by atoms with Crippen molar-refractivity contribution in [3.63, 3.8) is 0 Å². The summed E-state index contributed by atoms with van der Waals surface area (Å²) in [6.45, 7) is 4.45. The van der Waals surface area contributed by atoms with Gasteiger partial charge in [-0.1, -0.05) is 37.3 Å². The number of benzene rings is 1. The van der Waals surface area contributed by atoms with Gasteiger partial charge in [-0.2, -0.15) is 0 Å². The Kier molecular flexibility index (Phi) is 5.25. The lowest BCUT2D eigenvalue weighted by molar-refractivity contribution is -0.126. The number of hydrogen-bond acceptors (Lipinski definition) is 4. The van der Waals surface area contributed by atoms with Crippen molar-refractivity contribution in [2.75, 3.05) is 20.1 Å². The van der Waals surface area contributed by atoms with Crippen LogP contribution in [0.25, 0.3) is 0 Å². The van der Waals surface area contributed by atoms with Crippen LogP contribution in [0.2, 0.25) is 0 Å². The SMILES string of the molecule is CCN(C)[C@@H](C(=O)NCCc1nnc2n1CCC2)c1ccccc1. The molecule has 0 unspecified atom stereocenters. The molecule has 1 atom stereocenters. The first-order chi connectivity index (χ1) is 11.7. The highest BCUT2D eigenvalue weighted by molar-refractivity contribution is 5.83. The van der Waals surface area contributed by atoms with Crippen LogP contribution in [0.15, 0.2) is 30.3 Å². The maximum atomic E-state index is 12.7. The highest BCUT2D eigenvalue weighted by Gasteiger charge is 2.24. The van der Waals surface area contributed by atoms with Crippen molar-refractivity contribution in [1.29, 1.82) is 0 Å². The van der Waals surface area contributed by atoms with Gasteiger partial charge in [0.2, 0.25) is 5.91 Å². The number of likely N-dealkylation sites (N-methyl/N-ethyl adjacent to an activating group) is 1. The molecule has 1 aliphatic rings. The molecule has 0 saturated carbocycles. The summed E-state index contributed by atoms with van der Waals surface area (Å²) < 4.78 is 2.18. The summed E-state index contributed by atoms with van der Waals surface area (Å²) in [6.07, 6.45) is 2.87. The highest BCUT2D eigenvalue weighted by Crippen LogP contribution is 2.19. The number of nitrogens with zero attached hydrogens (tertiary/aromatic N) is 4. The molecule has 0 fully saturated rings. The van der Waals surface area contributed by atoms with E-state index < -0.39 is 0 Å². The van der Waals surface area contributed by atoms with Crippen molar-refractivity contribution in [3.05, 3.63) is 47.5 Å². The van der Waals surface area contributed by atoms with Gasteiger partial charge < -0.3 is 9.88 Å². The van der Waals surface area contributed by atoms with Crippen LogP contribution < -0.4 is 5.32 Å². The van der Waals surface area contributed by atoms with Gasteiger partial charge in [0, 0.05) is 25.9 Å². The zero-order chi connectivity index (χ0) is 16.9. The highest BCUT2D eigenvalue weighted by atomic mass is 16.2. The third kappa shape index (κ3) is 3.48. The van der Waals surface area contributed by atoms with Crippen molar-refractivity contribution in [2.45, 2.75) is 38.8 Å². The number of carbonyl (C=O) groups is 1. The van der Waals surface area contributed by atoms with Crippen LogP contribution in [0.4, 0.5) is 0 Å². The molecule has 0 spiro atoms. The molecule has 0 aliphatic carbocycles. The monoisotopic (exact) mass is 327 g/mol. The van der Waals surface area contributed by atoms with Gasteiger partial charge in [0.15, 0.2) is 0 Å². The van der Waals surface area contributed by atoms with Gasteiger partial charge in [-0.05, 0) is 25.6 Å². The topological polar surface area (TPSA) is 63.1 Å². The Morgan fingerprint density at radius 2 is 2.12 bits per heavy atom. The first-order valence-electron chi connectivity index (χ1n) is 8.64. The minimum Gasteiger partial charge on any atom is -0.354 e. The molecular formula is C18H25N5O. The number of aromatic nitrogens is 3. The molecule has 2 aromatic rings. The molecule has 128 valence electrons. The van der Waals surface area contributed by atoms with Gasteiger partial charge in [-0.3, -0.25) is 9.69 Å². The van der Waals surface area contributed by atoms with E-state index in [-0.39, 0.29) is 11.9 Å². The molecule has 1 N–H and O–H groups in total. The van der Waals surface area contributed by atoms with Crippen molar-refractivity contribution in [2.24, 2.45) is 0 Å². The summed E-state index contributed by atoms with van der Waals surface area (Å²) in [5.41, 5.74) is 1.02. The third-order valence-corrected chi connectivity index (χ3v) is 4.64. The van der Waals surface area contributed by atoms with E-state index in [1.807, 2.05) is 37.4 Å². The average Bonchev–Trinajstić information content (AvgIpc) is 3.20. The van der Waals surface area contributed by atoms with E-state index in [0.717, 1.165) is 49.6 Å². The Labute approximate surface area is 142 Å².